The first kappa shape index (κ1) is 17.2. The second-order valence-corrected chi connectivity index (χ2v) is 4.92. The lowest BCUT2D eigenvalue weighted by molar-refractivity contribution is -0.138. The number of unbranched alkanes of at least 4 members (excludes halogenated alkanes) is 2. The fourth-order valence-electron chi connectivity index (χ4n) is 1.60. The van der Waals surface area contributed by atoms with Gasteiger partial charge >= 0.3 is 0 Å². The molecule has 0 aromatic rings. The zero-order chi connectivity index (χ0) is 12.8. The average molecular weight is 263 g/mol. The average Bonchev–Trinajstić information content (AvgIpc) is 2.33. The summed E-state index contributed by atoms with van der Waals surface area (Å²) in [5.74, 6) is 1.29. The highest BCUT2D eigenvalue weighted by molar-refractivity contribution is 7.98. The smallest absolute Gasteiger partial charge is 0.158 e. The molecule has 0 aliphatic heterocycles. The minimum atomic E-state index is -0.0333. The van der Waals surface area contributed by atoms with Crippen LogP contribution >= 0.6 is 11.8 Å². The van der Waals surface area contributed by atoms with Crippen molar-refractivity contribution in [3.63, 3.8) is 0 Å². The second kappa shape index (κ2) is 14.3. The first-order valence-corrected chi connectivity index (χ1v) is 8.17. The molecule has 0 aliphatic carbocycles. The van der Waals surface area contributed by atoms with Gasteiger partial charge < -0.3 is 14.8 Å². The normalized spacial score (nSPS) is 11.3. The minimum absolute atomic E-state index is 0.0333. The predicted molar refractivity (Wildman–Crippen MR) is 76.8 cm³/mol. The molecule has 0 aromatic heterocycles. The molecule has 0 aromatic carbocycles. The monoisotopic (exact) mass is 263 g/mol. The van der Waals surface area contributed by atoms with Crippen molar-refractivity contribution in [3.8, 4) is 0 Å². The van der Waals surface area contributed by atoms with Gasteiger partial charge in [0.15, 0.2) is 6.29 Å². The molecule has 0 amide bonds. The Kier molecular flexibility index (Phi) is 14.5. The molecule has 0 spiro atoms. The Labute approximate surface area is 111 Å². The summed E-state index contributed by atoms with van der Waals surface area (Å²) >= 11 is 1.93. The van der Waals surface area contributed by atoms with E-state index in [0.29, 0.717) is 0 Å². The lowest BCUT2D eigenvalue weighted by atomic mass is 10.2. The van der Waals surface area contributed by atoms with Crippen LogP contribution in [0.4, 0.5) is 0 Å². The molecule has 0 radical (unpaired) electrons. The summed E-state index contributed by atoms with van der Waals surface area (Å²) in [5.41, 5.74) is 0. The van der Waals surface area contributed by atoms with E-state index in [1.165, 1.54) is 25.0 Å². The van der Waals surface area contributed by atoms with Crippen LogP contribution in [0.3, 0.4) is 0 Å². The van der Waals surface area contributed by atoms with Crippen LogP contribution in [-0.2, 0) is 9.47 Å². The van der Waals surface area contributed by atoms with Crippen molar-refractivity contribution in [1.82, 2.24) is 5.32 Å². The maximum Gasteiger partial charge on any atom is 0.158 e. The minimum Gasteiger partial charge on any atom is -0.353 e. The fourth-order valence-corrected chi connectivity index (χ4v) is 2.10. The number of nitrogens with one attached hydrogen (secondary N) is 1. The molecule has 0 unspecified atom stereocenters. The number of ether oxygens (including phenoxy) is 2. The van der Waals surface area contributed by atoms with Crippen molar-refractivity contribution in [2.75, 3.05) is 38.3 Å². The van der Waals surface area contributed by atoms with E-state index in [9.17, 15) is 0 Å². The van der Waals surface area contributed by atoms with Gasteiger partial charge in [0.1, 0.15) is 0 Å². The summed E-state index contributed by atoms with van der Waals surface area (Å²) in [6.45, 7) is 7.54. The van der Waals surface area contributed by atoms with E-state index in [4.69, 9.17) is 9.47 Å². The zero-order valence-electron chi connectivity index (χ0n) is 11.7. The Balaban J connectivity index is 3.23. The van der Waals surface area contributed by atoms with Crippen LogP contribution in [0.25, 0.3) is 0 Å². The van der Waals surface area contributed by atoms with Gasteiger partial charge in [-0.1, -0.05) is 6.42 Å². The number of rotatable bonds is 13. The third kappa shape index (κ3) is 12.5. The van der Waals surface area contributed by atoms with Crippen LogP contribution in [0.15, 0.2) is 0 Å². The summed E-state index contributed by atoms with van der Waals surface area (Å²) in [6, 6.07) is 0. The van der Waals surface area contributed by atoms with Gasteiger partial charge in [0, 0.05) is 19.6 Å². The highest BCUT2D eigenvalue weighted by Gasteiger charge is 2.06. The molecule has 4 heteroatoms. The first-order chi connectivity index (χ1) is 8.35. The third-order valence-electron chi connectivity index (χ3n) is 2.46. The Morgan fingerprint density at radius 1 is 1.00 bits per heavy atom. The molecular weight excluding hydrogens is 234 g/mol. The summed E-state index contributed by atoms with van der Waals surface area (Å²) in [4.78, 5) is 0. The second-order valence-electron chi connectivity index (χ2n) is 3.93. The van der Waals surface area contributed by atoms with Crippen LogP contribution in [-0.4, -0.2) is 44.6 Å². The molecule has 104 valence electrons. The van der Waals surface area contributed by atoms with Crippen LogP contribution in [0.5, 0.6) is 0 Å². The van der Waals surface area contributed by atoms with Crippen molar-refractivity contribution in [2.45, 2.75) is 45.8 Å². The van der Waals surface area contributed by atoms with Crippen molar-refractivity contribution in [2.24, 2.45) is 0 Å². The maximum atomic E-state index is 5.48. The largest absolute Gasteiger partial charge is 0.353 e. The van der Waals surface area contributed by atoms with E-state index in [1.54, 1.807) is 0 Å². The molecule has 0 aliphatic rings. The van der Waals surface area contributed by atoms with Gasteiger partial charge in [-0.05, 0) is 51.8 Å². The molecule has 0 atom stereocenters. The van der Waals surface area contributed by atoms with Gasteiger partial charge in [0.25, 0.3) is 0 Å². The summed E-state index contributed by atoms with van der Waals surface area (Å²) in [5, 5.41) is 3.44. The lowest BCUT2D eigenvalue weighted by Gasteiger charge is -2.16. The van der Waals surface area contributed by atoms with Crippen molar-refractivity contribution < 1.29 is 9.47 Å². The van der Waals surface area contributed by atoms with E-state index in [1.807, 2.05) is 25.6 Å². The van der Waals surface area contributed by atoms with Crippen LogP contribution in [0.1, 0.15) is 39.5 Å². The molecule has 0 saturated carbocycles. The number of thioether (sulfide) groups is 1. The molecule has 0 bridgehead atoms. The van der Waals surface area contributed by atoms with Crippen LogP contribution in [0, 0.1) is 0 Å². The number of hydrogen-bond acceptors (Lipinski definition) is 4. The standard InChI is InChI=1S/C13H29NO2S/c1-4-15-13(16-5-2)9-11-14-10-7-6-8-12-17-3/h13-14H,4-12H2,1-3H3. The molecule has 1 N–H and O–H groups in total. The van der Waals surface area contributed by atoms with Crippen molar-refractivity contribution in [1.29, 1.82) is 0 Å². The molecule has 0 fully saturated rings. The van der Waals surface area contributed by atoms with E-state index in [0.717, 1.165) is 32.7 Å². The zero-order valence-corrected chi connectivity index (χ0v) is 12.5. The number of hydrogen-bond donors (Lipinski definition) is 1. The van der Waals surface area contributed by atoms with Gasteiger partial charge in [0.2, 0.25) is 0 Å². The summed E-state index contributed by atoms with van der Waals surface area (Å²) < 4.78 is 11.0. The topological polar surface area (TPSA) is 30.5 Å². The Morgan fingerprint density at radius 3 is 2.29 bits per heavy atom. The SMILES string of the molecule is CCOC(CCNCCCCCSC)OCC. The third-order valence-corrected chi connectivity index (χ3v) is 3.16. The molecule has 0 heterocycles. The molecule has 3 nitrogen and oxygen atoms in total. The van der Waals surface area contributed by atoms with Crippen molar-refractivity contribution >= 4 is 11.8 Å². The lowest BCUT2D eigenvalue weighted by Crippen LogP contribution is -2.25. The van der Waals surface area contributed by atoms with Gasteiger partial charge in [-0.15, -0.1) is 0 Å². The summed E-state index contributed by atoms with van der Waals surface area (Å²) in [7, 11) is 0. The first-order valence-electron chi connectivity index (χ1n) is 6.78. The highest BCUT2D eigenvalue weighted by Crippen LogP contribution is 2.02. The van der Waals surface area contributed by atoms with Gasteiger partial charge in [-0.3, -0.25) is 0 Å². The van der Waals surface area contributed by atoms with Crippen LogP contribution < -0.4 is 5.32 Å². The Bertz CT molecular complexity index is 141. The summed E-state index contributed by atoms with van der Waals surface area (Å²) in [6.07, 6.45) is 7.01. The van der Waals surface area contributed by atoms with E-state index < -0.39 is 0 Å². The fraction of sp³-hybridized carbons (Fsp3) is 1.00. The van der Waals surface area contributed by atoms with E-state index in [2.05, 4.69) is 11.6 Å². The van der Waals surface area contributed by atoms with Gasteiger partial charge in [-0.2, -0.15) is 11.8 Å². The Morgan fingerprint density at radius 2 is 1.71 bits per heavy atom. The predicted octanol–water partition coefficient (Wildman–Crippen LogP) is 2.90. The highest BCUT2D eigenvalue weighted by atomic mass is 32.2. The molecule has 17 heavy (non-hydrogen) atoms. The molecule has 0 saturated heterocycles. The van der Waals surface area contributed by atoms with Crippen molar-refractivity contribution in [3.05, 3.63) is 0 Å². The van der Waals surface area contributed by atoms with Crippen LogP contribution in [0.2, 0.25) is 0 Å². The molecular formula is C13H29NO2S. The van der Waals surface area contributed by atoms with Gasteiger partial charge in [-0.25, -0.2) is 0 Å². The van der Waals surface area contributed by atoms with E-state index in [-0.39, 0.29) is 6.29 Å². The van der Waals surface area contributed by atoms with Gasteiger partial charge in [0.05, 0.1) is 0 Å². The quantitative estimate of drug-likeness (QED) is 0.409. The molecule has 0 rings (SSSR count). The Hall–Kier alpha value is 0.230. The van der Waals surface area contributed by atoms with E-state index >= 15 is 0 Å². The maximum absolute atomic E-state index is 5.48.